The predicted octanol–water partition coefficient (Wildman–Crippen LogP) is 2.01. The molecule has 2 aliphatic rings. The number of thioether (sulfide) groups is 1. The summed E-state index contributed by atoms with van der Waals surface area (Å²) >= 11 is 3.01. The second-order valence-electron chi connectivity index (χ2n) is 5.55. The quantitative estimate of drug-likeness (QED) is 0.614. The van der Waals surface area contributed by atoms with Crippen LogP contribution in [0, 0.1) is 12.8 Å². The van der Waals surface area contributed by atoms with Crippen molar-refractivity contribution in [1.82, 2.24) is 14.7 Å². The lowest BCUT2D eigenvalue weighted by Crippen LogP contribution is -2.57. The third kappa shape index (κ3) is 2.99. The van der Waals surface area contributed by atoms with Gasteiger partial charge >= 0.3 is 5.97 Å². The summed E-state index contributed by atoms with van der Waals surface area (Å²) in [5.41, 5.74) is -0.542. The summed E-state index contributed by atoms with van der Waals surface area (Å²) < 4.78 is 10.2. The van der Waals surface area contributed by atoms with Gasteiger partial charge < -0.3 is 4.74 Å². The van der Waals surface area contributed by atoms with E-state index in [-0.39, 0.29) is 5.97 Å². The maximum absolute atomic E-state index is 12.4. The fourth-order valence-electron chi connectivity index (χ4n) is 2.42. The molecule has 110 valence electrons. The Balaban J connectivity index is 1.74. The van der Waals surface area contributed by atoms with Crippen LogP contribution in [0.2, 0.25) is 0 Å². The van der Waals surface area contributed by atoms with Gasteiger partial charge in [-0.3, -0.25) is 10.1 Å². The number of aryl methyl sites for hydroxylation is 1. The van der Waals surface area contributed by atoms with E-state index >= 15 is 0 Å². The first-order valence-electron chi connectivity index (χ1n) is 6.93. The fraction of sp³-hybridized carbons (Fsp3) is 0.769. The van der Waals surface area contributed by atoms with Crippen LogP contribution < -0.4 is 5.32 Å². The minimum absolute atomic E-state index is 0.124. The van der Waals surface area contributed by atoms with Gasteiger partial charge in [-0.15, -0.1) is 0 Å². The molecule has 2 saturated carbocycles. The van der Waals surface area contributed by atoms with Gasteiger partial charge in [0.25, 0.3) is 0 Å². The largest absolute Gasteiger partial charge is 0.468 e. The van der Waals surface area contributed by atoms with E-state index in [0.29, 0.717) is 17.7 Å². The van der Waals surface area contributed by atoms with Gasteiger partial charge in [-0.25, -0.2) is 4.98 Å². The van der Waals surface area contributed by atoms with Crippen molar-refractivity contribution in [2.24, 2.45) is 5.92 Å². The Morgan fingerprint density at radius 2 is 2.25 bits per heavy atom. The van der Waals surface area contributed by atoms with Gasteiger partial charge in [0.15, 0.2) is 4.34 Å². The van der Waals surface area contributed by atoms with Gasteiger partial charge in [-0.2, -0.15) is 4.37 Å². The van der Waals surface area contributed by atoms with Crippen LogP contribution in [0.5, 0.6) is 0 Å². The molecule has 0 aliphatic heterocycles. The Labute approximate surface area is 127 Å². The molecule has 0 amide bonds. The Hall–Kier alpha value is -0.660. The average molecular weight is 313 g/mol. The average Bonchev–Trinajstić information content (AvgIpc) is 3.34. The van der Waals surface area contributed by atoms with Crippen molar-refractivity contribution in [3.05, 3.63) is 5.82 Å². The van der Waals surface area contributed by atoms with Gasteiger partial charge in [0.05, 0.1) is 7.11 Å². The number of nitrogens with one attached hydrogen (secondary N) is 1. The predicted molar refractivity (Wildman–Crippen MR) is 79.0 cm³/mol. The minimum atomic E-state index is -0.542. The number of aromatic nitrogens is 2. The molecule has 7 heteroatoms. The van der Waals surface area contributed by atoms with Gasteiger partial charge in [0.1, 0.15) is 11.4 Å². The second-order valence-corrected chi connectivity index (χ2v) is 7.53. The van der Waals surface area contributed by atoms with Crippen LogP contribution in [0.3, 0.4) is 0 Å². The van der Waals surface area contributed by atoms with E-state index < -0.39 is 5.54 Å². The highest BCUT2D eigenvalue weighted by molar-refractivity contribution is 8.01. The van der Waals surface area contributed by atoms with Crippen molar-refractivity contribution < 1.29 is 9.53 Å². The van der Waals surface area contributed by atoms with E-state index in [0.717, 1.165) is 35.8 Å². The highest BCUT2D eigenvalue weighted by Crippen LogP contribution is 2.44. The Morgan fingerprint density at radius 1 is 1.50 bits per heavy atom. The Bertz CT molecular complexity index is 500. The first kappa shape index (κ1) is 14.3. The van der Waals surface area contributed by atoms with Crippen LogP contribution in [-0.2, 0) is 9.53 Å². The SMILES string of the molecule is COC(=O)C(CSc1nc(C)ns1)(NC1CC1)C1CC1. The molecule has 0 aromatic carbocycles. The number of carbonyl (C=O) groups is 1. The fourth-order valence-corrected chi connectivity index (χ4v) is 4.33. The van der Waals surface area contributed by atoms with Crippen LogP contribution in [0.4, 0.5) is 0 Å². The smallest absolute Gasteiger partial charge is 0.327 e. The third-order valence-corrected chi connectivity index (χ3v) is 5.91. The van der Waals surface area contributed by atoms with E-state index in [4.69, 9.17) is 4.74 Å². The number of hydrogen-bond acceptors (Lipinski definition) is 7. The molecule has 5 nitrogen and oxygen atoms in total. The topological polar surface area (TPSA) is 64.1 Å². The van der Waals surface area contributed by atoms with E-state index in [9.17, 15) is 4.79 Å². The number of nitrogens with zero attached hydrogens (tertiary/aromatic N) is 2. The number of rotatable bonds is 7. The zero-order chi connectivity index (χ0) is 14.2. The minimum Gasteiger partial charge on any atom is -0.468 e. The van der Waals surface area contributed by atoms with Crippen molar-refractivity contribution in [2.75, 3.05) is 12.9 Å². The zero-order valence-electron chi connectivity index (χ0n) is 11.7. The molecular weight excluding hydrogens is 294 g/mol. The molecule has 1 unspecified atom stereocenters. The standard InChI is InChI=1S/C13H19N3O2S2/c1-8-14-12(20-16-8)19-7-13(9-3-4-9,11(17)18-2)15-10-5-6-10/h9-10,15H,3-7H2,1-2H3. The summed E-state index contributed by atoms with van der Waals surface area (Å²) in [5, 5.41) is 3.56. The molecule has 0 bridgehead atoms. The van der Waals surface area contributed by atoms with Gasteiger partial charge in [0.2, 0.25) is 0 Å². The van der Waals surface area contributed by atoms with Gasteiger partial charge in [-0.1, -0.05) is 11.8 Å². The number of hydrogen-bond donors (Lipinski definition) is 1. The lowest BCUT2D eigenvalue weighted by atomic mass is 9.95. The second kappa shape index (κ2) is 5.61. The summed E-state index contributed by atoms with van der Waals surface area (Å²) in [6, 6.07) is 0.478. The molecule has 3 rings (SSSR count). The summed E-state index contributed by atoms with van der Waals surface area (Å²) in [5.74, 6) is 1.75. The highest BCUT2D eigenvalue weighted by Gasteiger charge is 2.53. The molecule has 0 spiro atoms. The normalized spacial score (nSPS) is 21.5. The van der Waals surface area contributed by atoms with Crippen LogP contribution in [-0.4, -0.2) is 39.8 Å². The first-order valence-corrected chi connectivity index (χ1v) is 8.69. The van der Waals surface area contributed by atoms with E-state index in [1.54, 1.807) is 11.8 Å². The molecule has 2 aliphatic carbocycles. The zero-order valence-corrected chi connectivity index (χ0v) is 13.4. The van der Waals surface area contributed by atoms with Crippen LogP contribution in [0.1, 0.15) is 31.5 Å². The van der Waals surface area contributed by atoms with Crippen molar-refractivity contribution in [3.63, 3.8) is 0 Å². The summed E-state index contributed by atoms with van der Waals surface area (Å²) in [6.45, 7) is 1.89. The highest BCUT2D eigenvalue weighted by atomic mass is 32.2. The molecule has 1 aromatic heterocycles. The molecule has 1 aromatic rings. The van der Waals surface area contributed by atoms with Gasteiger partial charge in [0, 0.05) is 11.8 Å². The van der Waals surface area contributed by atoms with E-state index in [1.807, 2.05) is 6.92 Å². The summed E-state index contributed by atoms with van der Waals surface area (Å²) in [6.07, 6.45) is 4.52. The van der Waals surface area contributed by atoms with E-state index in [2.05, 4.69) is 14.7 Å². The Morgan fingerprint density at radius 3 is 2.75 bits per heavy atom. The Kier molecular flexibility index (Phi) is 4.01. The molecule has 1 N–H and O–H groups in total. The van der Waals surface area contributed by atoms with Crippen molar-refractivity contribution >= 4 is 29.3 Å². The molecule has 20 heavy (non-hydrogen) atoms. The van der Waals surface area contributed by atoms with Crippen molar-refractivity contribution in [3.8, 4) is 0 Å². The third-order valence-electron chi connectivity index (χ3n) is 3.80. The van der Waals surface area contributed by atoms with Gasteiger partial charge in [-0.05, 0) is 50.1 Å². The van der Waals surface area contributed by atoms with Crippen LogP contribution in [0.15, 0.2) is 4.34 Å². The summed E-state index contributed by atoms with van der Waals surface area (Å²) in [7, 11) is 1.48. The number of carbonyl (C=O) groups excluding carboxylic acids is 1. The first-order chi connectivity index (χ1) is 9.64. The molecular formula is C13H19N3O2S2. The molecule has 1 atom stereocenters. The maximum atomic E-state index is 12.4. The summed E-state index contributed by atoms with van der Waals surface area (Å²) in [4.78, 5) is 16.7. The lowest BCUT2D eigenvalue weighted by molar-refractivity contribution is -0.148. The van der Waals surface area contributed by atoms with E-state index in [1.165, 1.54) is 18.6 Å². The van der Waals surface area contributed by atoms with Crippen molar-refractivity contribution in [1.29, 1.82) is 0 Å². The number of ether oxygens (including phenoxy) is 1. The maximum Gasteiger partial charge on any atom is 0.327 e. The molecule has 0 saturated heterocycles. The molecule has 0 radical (unpaired) electrons. The lowest BCUT2D eigenvalue weighted by Gasteiger charge is -2.32. The monoisotopic (exact) mass is 313 g/mol. The van der Waals surface area contributed by atoms with Crippen LogP contribution >= 0.6 is 23.3 Å². The molecule has 1 heterocycles. The number of methoxy groups -OCH3 is 1. The van der Waals surface area contributed by atoms with Crippen LogP contribution in [0.25, 0.3) is 0 Å². The molecule has 2 fully saturated rings. The number of esters is 1. The van der Waals surface area contributed by atoms with Crippen molar-refractivity contribution in [2.45, 2.75) is 48.5 Å².